The summed E-state index contributed by atoms with van der Waals surface area (Å²) in [7, 11) is 1.97. The van der Waals surface area contributed by atoms with Crippen LogP contribution in [0.3, 0.4) is 0 Å². The zero-order valence-corrected chi connectivity index (χ0v) is 11.3. The summed E-state index contributed by atoms with van der Waals surface area (Å²) in [5.41, 5.74) is 0. The van der Waals surface area contributed by atoms with Gasteiger partial charge in [0.15, 0.2) is 0 Å². The average Bonchev–Trinajstić information content (AvgIpc) is 3.05. The number of nitrogens with zero attached hydrogens (tertiary/aromatic N) is 3. The summed E-state index contributed by atoms with van der Waals surface area (Å²) in [5, 5.41) is 11.5. The minimum absolute atomic E-state index is 0.0967. The van der Waals surface area contributed by atoms with Crippen LogP contribution in [0.25, 0.3) is 0 Å². The maximum absolute atomic E-state index is 5.70. The molecule has 102 valence electrons. The first-order valence-electron chi connectivity index (χ1n) is 6.59. The Balaban J connectivity index is 1.96. The van der Waals surface area contributed by atoms with E-state index in [1.165, 1.54) is 0 Å². The zero-order chi connectivity index (χ0) is 13.0. The third-order valence-corrected chi connectivity index (χ3v) is 3.26. The summed E-state index contributed by atoms with van der Waals surface area (Å²) >= 11 is 0. The smallest absolute Gasteiger partial charge is 0.318 e. The van der Waals surface area contributed by atoms with E-state index in [1.807, 2.05) is 18.9 Å². The summed E-state index contributed by atoms with van der Waals surface area (Å²) in [6.07, 6.45) is 2.10. The first-order chi connectivity index (χ1) is 8.72. The topological polar surface area (TPSA) is 63.4 Å². The Labute approximate surface area is 108 Å². The Bertz CT molecular complexity index is 363. The van der Waals surface area contributed by atoms with E-state index in [2.05, 4.69) is 22.4 Å². The Kier molecular flexibility index (Phi) is 4.54. The second-order valence-corrected chi connectivity index (χ2v) is 4.73. The van der Waals surface area contributed by atoms with Gasteiger partial charge in [-0.2, -0.15) is 0 Å². The molecular formula is C12H22N4O2. The van der Waals surface area contributed by atoms with Gasteiger partial charge in [-0.1, -0.05) is 12.0 Å². The maximum Gasteiger partial charge on any atom is 0.318 e. The van der Waals surface area contributed by atoms with E-state index in [0.717, 1.165) is 32.6 Å². The molecule has 2 atom stereocenters. The fraction of sp³-hybridized carbons (Fsp3) is 0.833. The van der Waals surface area contributed by atoms with Crippen LogP contribution in [0.4, 0.5) is 6.01 Å². The predicted molar refractivity (Wildman–Crippen MR) is 68.6 cm³/mol. The van der Waals surface area contributed by atoms with Gasteiger partial charge in [0.25, 0.3) is 0 Å². The summed E-state index contributed by atoms with van der Waals surface area (Å²) in [4.78, 5) is 2.01. The van der Waals surface area contributed by atoms with Crippen LogP contribution in [-0.2, 0) is 4.74 Å². The van der Waals surface area contributed by atoms with Crippen LogP contribution >= 0.6 is 0 Å². The van der Waals surface area contributed by atoms with Crippen molar-refractivity contribution in [3.05, 3.63) is 5.89 Å². The number of likely N-dealkylation sites (N-methyl/N-ethyl adjacent to an activating group) is 1. The van der Waals surface area contributed by atoms with Gasteiger partial charge in [-0.25, -0.2) is 0 Å². The number of ether oxygens (including phenoxy) is 1. The van der Waals surface area contributed by atoms with Crippen molar-refractivity contribution in [2.24, 2.45) is 0 Å². The molecule has 2 rings (SSSR count). The molecule has 2 heterocycles. The summed E-state index contributed by atoms with van der Waals surface area (Å²) in [6, 6.07) is 1.02. The third kappa shape index (κ3) is 3.00. The highest BCUT2D eigenvalue weighted by Gasteiger charge is 2.24. The van der Waals surface area contributed by atoms with E-state index < -0.39 is 0 Å². The Morgan fingerprint density at radius 2 is 2.33 bits per heavy atom. The molecule has 18 heavy (non-hydrogen) atoms. The predicted octanol–water partition coefficient (Wildman–Crippen LogP) is 1.36. The largest absolute Gasteiger partial charge is 0.406 e. The van der Waals surface area contributed by atoms with Crippen molar-refractivity contribution >= 4 is 6.01 Å². The van der Waals surface area contributed by atoms with Gasteiger partial charge in [-0.05, 0) is 26.3 Å². The normalized spacial score (nSPS) is 21.2. The van der Waals surface area contributed by atoms with Crippen LogP contribution in [-0.4, -0.2) is 43.0 Å². The highest BCUT2D eigenvalue weighted by Crippen LogP contribution is 2.21. The molecule has 1 saturated heterocycles. The number of anilines is 1. The lowest BCUT2D eigenvalue weighted by molar-refractivity contribution is 0.193. The van der Waals surface area contributed by atoms with Crippen molar-refractivity contribution in [1.29, 1.82) is 0 Å². The van der Waals surface area contributed by atoms with Crippen molar-refractivity contribution in [3.63, 3.8) is 0 Å². The lowest BCUT2D eigenvalue weighted by atomic mass is 10.2. The zero-order valence-electron chi connectivity index (χ0n) is 11.3. The van der Waals surface area contributed by atoms with Gasteiger partial charge in [0, 0.05) is 13.7 Å². The summed E-state index contributed by atoms with van der Waals surface area (Å²) < 4.78 is 11.1. The minimum atomic E-state index is 0.0967. The van der Waals surface area contributed by atoms with Crippen LogP contribution < -0.4 is 10.2 Å². The molecule has 1 fully saturated rings. The number of aromatic nitrogens is 2. The van der Waals surface area contributed by atoms with Crippen LogP contribution in [0.15, 0.2) is 4.42 Å². The van der Waals surface area contributed by atoms with Crippen molar-refractivity contribution in [3.8, 4) is 0 Å². The number of hydrogen-bond donors (Lipinski definition) is 1. The quantitative estimate of drug-likeness (QED) is 0.827. The van der Waals surface area contributed by atoms with Crippen molar-refractivity contribution in [1.82, 2.24) is 15.5 Å². The second kappa shape index (κ2) is 6.15. The molecule has 1 aromatic heterocycles. The molecule has 2 unspecified atom stereocenters. The van der Waals surface area contributed by atoms with Gasteiger partial charge in [-0.15, -0.1) is 5.10 Å². The average molecular weight is 254 g/mol. The summed E-state index contributed by atoms with van der Waals surface area (Å²) in [5.74, 6) is 0.643. The first kappa shape index (κ1) is 13.3. The van der Waals surface area contributed by atoms with Crippen LogP contribution in [0.2, 0.25) is 0 Å². The molecule has 0 aromatic carbocycles. The van der Waals surface area contributed by atoms with E-state index >= 15 is 0 Å². The Morgan fingerprint density at radius 3 is 3.00 bits per heavy atom. The number of rotatable bonds is 6. The lowest BCUT2D eigenvalue weighted by Crippen LogP contribution is -2.32. The maximum atomic E-state index is 5.70. The Hall–Kier alpha value is -1.14. The van der Waals surface area contributed by atoms with Crippen molar-refractivity contribution in [2.45, 2.75) is 38.8 Å². The molecule has 6 heteroatoms. The Morgan fingerprint density at radius 1 is 1.50 bits per heavy atom. The molecule has 0 amide bonds. The molecule has 1 N–H and O–H groups in total. The molecule has 1 aliphatic heterocycles. The molecular weight excluding hydrogens is 232 g/mol. The van der Waals surface area contributed by atoms with Crippen LogP contribution in [0.5, 0.6) is 0 Å². The fourth-order valence-electron chi connectivity index (χ4n) is 1.98. The number of nitrogens with one attached hydrogen (secondary N) is 1. The van der Waals surface area contributed by atoms with E-state index in [0.29, 0.717) is 17.9 Å². The first-order valence-corrected chi connectivity index (χ1v) is 6.59. The second-order valence-electron chi connectivity index (χ2n) is 4.73. The molecule has 0 aliphatic carbocycles. The SMILES string of the molecule is CCCNC(C)c1nnc(N(C)C2CCOC2)o1. The molecule has 1 aliphatic rings. The summed E-state index contributed by atoms with van der Waals surface area (Å²) in [6.45, 7) is 6.66. The standard InChI is InChI=1S/C12H22N4O2/c1-4-6-13-9(2)11-14-15-12(18-11)16(3)10-5-7-17-8-10/h9-10,13H,4-8H2,1-3H3. The molecule has 0 bridgehead atoms. The molecule has 1 aromatic rings. The molecule has 0 radical (unpaired) electrons. The molecule has 0 saturated carbocycles. The van der Waals surface area contributed by atoms with Crippen LogP contribution in [0, 0.1) is 0 Å². The van der Waals surface area contributed by atoms with E-state index in [-0.39, 0.29) is 6.04 Å². The van der Waals surface area contributed by atoms with E-state index in [4.69, 9.17) is 9.15 Å². The van der Waals surface area contributed by atoms with Crippen LogP contribution in [0.1, 0.15) is 38.6 Å². The van der Waals surface area contributed by atoms with Gasteiger partial charge in [-0.3, -0.25) is 0 Å². The van der Waals surface area contributed by atoms with Gasteiger partial charge < -0.3 is 19.4 Å². The van der Waals surface area contributed by atoms with E-state index in [9.17, 15) is 0 Å². The van der Waals surface area contributed by atoms with E-state index in [1.54, 1.807) is 0 Å². The van der Waals surface area contributed by atoms with Crippen molar-refractivity contribution in [2.75, 3.05) is 31.7 Å². The van der Waals surface area contributed by atoms with Gasteiger partial charge in [0.1, 0.15) is 0 Å². The monoisotopic (exact) mass is 254 g/mol. The minimum Gasteiger partial charge on any atom is -0.406 e. The third-order valence-electron chi connectivity index (χ3n) is 3.26. The fourth-order valence-corrected chi connectivity index (χ4v) is 1.98. The molecule has 6 nitrogen and oxygen atoms in total. The highest BCUT2D eigenvalue weighted by molar-refractivity contribution is 5.25. The number of hydrogen-bond acceptors (Lipinski definition) is 6. The highest BCUT2D eigenvalue weighted by atomic mass is 16.5. The van der Waals surface area contributed by atoms with Gasteiger partial charge in [0.05, 0.1) is 18.7 Å². The van der Waals surface area contributed by atoms with Gasteiger partial charge >= 0.3 is 6.01 Å². The molecule has 0 spiro atoms. The lowest BCUT2D eigenvalue weighted by Gasteiger charge is -2.20. The van der Waals surface area contributed by atoms with Gasteiger partial charge in [0.2, 0.25) is 5.89 Å². The van der Waals surface area contributed by atoms with Crippen molar-refractivity contribution < 1.29 is 9.15 Å².